The number of nitrogens with zero attached hydrogens (tertiary/aromatic N) is 1. The lowest BCUT2D eigenvalue weighted by Crippen LogP contribution is -2.36. The molecular formula is C23H31IN4O2. The van der Waals surface area contributed by atoms with Gasteiger partial charge in [-0.2, -0.15) is 0 Å². The number of nitrogens with two attached hydrogens (primary N) is 1. The zero-order valence-corrected chi connectivity index (χ0v) is 19.9. The number of amides is 1. The summed E-state index contributed by atoms with van der Waals surface area (Å²) in [7, 11) is 1.74. The zero-order valence-electron chi connectivity index (χ0n) is 17.6. The molecule has 0 spiro atoms. The Hall–Kier alpha value is -2.29. The largest absolute Gasteiger partial charge is 0.490 e. The van der Waals surface area contributed by atoms with Crippen LogP contribution in [0.4, 0.5) is 0 Å². The van der Waals surface area contributed by atoms with E-state index < -0.39 is 5.91 Å². The molecule has 1 amide bonds. The van der Waals surface area contributed by atoms with Crippen molar-refractivity contribution >= 4 is 35.8 Å². The van der Waals surface area contributed by atoms with Crippen molar-refractivity contribution in [2.45, 2.75) is 51.8 Å². The molecule has 2 aromatic carbocycles. The number of hydrogen-bond acceptors (Lipinski definition) is 3. The van der Waals surface area contributed by atoms with Gasteiger partial charge >= 0.3 is 0 Å². The number of rotatable bonds is 7. The summed E-state index contributed by atoms with van der Waals surface area (Å²) in [5.41, 5.74) is 9.12. The molecule has 0 aromatic heterocycles. The first-order chi connectivity index (χ1) is 14.0. The molecule has 0 aliphatic heterocycles. The third-order valence-corrected chi connectivity index (χ3v) is 5.16. The number of benzene rings is 2. The Balaban J connectivity index is 0.00000320. The summed E-state index contributed by atoms with van der Waals surface area (Å²) in [6, 6.07) is 13.6. The SMILES string of the molecule is CN=C(NCc1cccc(C(N)=O)c1)NCc1ccc(C)cc1OC1CCCC1.I. The van der Waals surface area contributed by atoms with Crippen molar-refractivity contribution in [2.24, 2.45) is 10.7 Å². The highest BCUT2D eigenvalue weighted by Crippen LogP contribution is 2.27. The predicted molar refractivity (Wildman–Crippen MR) is 131 cm³/mol. The lowest BCUT2D eigenvalue weighted by Gasteiger charge is -2.18. The molecule has 0 heterocycles. The Kier molecular flexibility index (Phi) is 9.42. The van der Waals surface area contributed by atoms with Crippen molar-refractivity contribution < 1.29 is 9.53 Å². The molecule has 1 fully saturated rings. The van der Waals surface area contributed by atoms with E-state index in [2.05, 4.69) is 40.7 Å². The average molecular weight is 522 g/mol. The molecule has 0 unspecified atom stereocenters. The first-order valence-electron chi connectivity index (χ1n) is 10.1. The molecule has 1 aliphatic carbocycles. The van der Waals surface area contributed by atoms with E-state index in [1.807, 2.05) is 12.1 Å². The second kappa shape index (κ2) is 11.8. The van der Waals surface area contributed by atoms with Crippen molar-refractivity contribution in [3.8, 4) is 5.75 Å². The van der Waals surface area contributed by atoms with Gasteiger partial charge in [0.1, 0.15) is 5.75 Å². The van der Waals surface area contributed by atoms with E-state index in [4.69, 9.17) is 10.5 Å². The summed E-state index contributed by atoms with van der Waals surface area (Å²) in [5, 5.41) is 6.62. The van der Waals surface area contributed by atoms with Crippen LogP contribution in [0.25, 0.3) is 0 Å². The summed E-state index contributed by atoms with van der Waals surface area (Å²) in [4.78, 5) is 15.6. The molecule has 3 rings (SSSR count). The summed E-state index contributed by atoms with van der Waals surface area (Å²) in [6.45, 7) is 3.24. The molecule has 1 aliphatic rings. The molecule has 30 heavy (non-hydrogen) atoms. The zero-order chi connectivity index (χ0) is 20.6. The van der Waals surface area contributed by atoms with Crippen molar-refractivity contribution in [1.29, 1.82) is 0 Å². The maximum absolute atomic E-state index is 11.3. The molecule has 162 valence electrons. The molecule has 0 atom stereocenters. The Labute approximate surface area is 195 Å². The molecule has 0 bridgehead atoms. The van der Waals surface area contributed by atoms with Crippen LogP contribution >= 0.6 is 24.0 Å². The van der Waals surface area contributed by atoms with Crippen molar-refractivity contribution in [3.05, 3.63) is 64.7 Å². The highest BCUT2D eigenvalue weighted by Gasteiger charge is 2.18. The second-order valence-electron chi connectivity index (χ2n) is 7.48. The molecule has 1 saturated carbocycles. The first kappa shape index (κ1) is 24.0. The van der Waals surface area contributed by atoms with Gasteiger partial charge < -0.3 is 21.1 Å². The molecule has 7 heteroatoms. The van der Waals surface area contributed by atoms with Crippen LogP contribution < -0.4 is 21.1 Å². The quantitative estimate of drug-likeness (QED) is 0.293. The van der Waals surface area contributed by atoms with Crippen LogP contribution in [-0.2, 0) is 13.1 Å². The van der Waals surface area contributed by atoms with Crippen LogP contribution in [0.1, 0.15) is 52.7 Å². The standard InChI is InChI=1S/C23H30N4O2.HI/c1-16-10-11-19(21(12-16)29-20-8-3-4-9-20)15-27-23(25-2)26-14-17-6-5-7-18(13-17)22(24)28;/h5-7,10-13,20H,3-4,8-9,14-15H2,1-2H3,(H2,24,28)(H2,25,26,27);1H. The smallest absolute Gasteiger partial charge is 0.248 e. The maximum Gasteiger partial charge on any atom is 0.248 e. The minimum absolute atomic E-state index is 0. The van der Waals surface area contributed by atoms with E-state index in [-0.39, 0.29) is 24.0 Å². The van der Waals surface area contributed by atoms with Crippen LogP contribution in [0.2, 0.25) is 0 Å². The van der Waals surface area contributed by atoms with E-state index >= 15 is 0 Å². The van der Waals surface area contributed by atoms with Crippen LogP contribution in [0.3, 0.4) is 0 Å². The van der Waals surface area contributed by atoms with Crippen LogP contribution in [0, 0.1) is 6.92 Å². The Morgan fingerprint density at radius 1 is 1.13 bits per heavy atom. The third-order valence-electron chi connectivity index (χ3n) is 5.16. The molecule has 0 radical (unpaired) electrons. The Morgan fingerprint density at radius 2 is 1.87 bits per heavy atom. The number of carbonyl (C=O) groups is 1. The van der Waals surface area contributed by atoms with E-state index in [0.717, 1.165) is 29.7 Å². The van der Waals surface area contributed by atoms with Crippen molar-refractivity contribution in [2.75, 3.05) is 7.05 Å². The summed E-state index contributed by atoms with van der Waals surface area (Å²) in [5.74, 6) is 1.21. The van der Waals surface area contributed by atoms with Gasteiger partial charge in [-0.25, -0.2) is 0 Å². The van der Waals surface area contributed by atoms with Gasteiger partial charge in [0.05, 0.1) is 6.10 Å². The topological polar surface area (TPSA) is 88.7 Å². The van der Waals surface area contributed by atoms with Gasteiger partial charge in [0.25, 0.3) is 0 Å². The fourth-order valence-corrected chi connectivity index (χ4v) is 3.52. The third kappa shape index (κ3) is 6.90. The highest BCUT2D eigenvalue weighted by molar-refractivity contribution is 14.0. The second-order valence-corrected chi connectivity index (χ2v) is 7.48. The summed E-state index contributed by atoms with van der Waals surface area (Å²) < 4.78 is 6.27. The normalized spacial score (nSPS) is 14.1. The monoisotopic (exact) mass is 522 g/mol. The minimum atomic E-state index is -0.427. The number of hydrogen-bond donors (Lipinski definition) is 3. The van der Waals surface area contributed by atoms with Crippen molar-refractivity contribution in [1.82, 2.24) is 10.6 Å². The van der Waals surface area contributed by atoms with Crippen LogP contribution in [-0.4, -0.2) is 25.0 Å². The van der Waals surface area contributed by atoms with E-state index in [9.17, 15) is 4.79 Å². The van der Waals surface area contributed by atoms with Gasteiger partial charge in [-0.15, -0.1) is 24.0 Å². The first-order valence-corrected chi connectivity index (χ1v) is 10.1. The minimum Gasteiger partial charge on any atom is -0.490 e. The molecule has 4 N–H and O–H groups in total. The number of guanidine groups is 1. The lowest BCUT2D eigenvalue weighted by molar-refractivity contribution is 0.1000. The van der Waals surface area contributed by atoms with Gasteiger partial charge in [0.2, 0.25) is 5.91 Å². The van der Waals surface area contributed by atoms with Crippen LogP contribution in [0.15, 0.2) is 47.5 Å². The number of aryl methyl sites for hydroxylation is 1. The number of aliphatic imine (C=N–C) groups is 1. The van der Waals surface area contributed by atoms with E-state index in [1.165, 1.54) is 18.4 Å². The molecule has 2 aromatic rings. The van der Waals surface area contributed by atoms with Gasteiger partial charge in [0, 0.05) is 31.3 Å². The van der Waals surface area contributed by atoms with Gasteiger partial charge in [-0.3, -0.25) is 9.79 Å². The van der Waals surface area contributed by atoms with E-state index in [1.54, 1.807) is 19.2 Å². The summed E-state index contributed by atoms with van der Waals surface area (Å²) in [6.07, 6.45) is 5.09. The molecule has 0 saturated heterocycles. The van der Waals surface area contributed by atoms with Crippen molar-refractivity contribution in [3.63, 3.8) is 0 Å². The van der Waals surface area contributed by atoms with Crippen LogP contribution in [0.5, 0.6) is 5.75 Å². The molecular weight excluding hydrogens is 491 g/mol. The lowest BCUT2D eigenvalue weighted by atomic mass is 10.1. The predicted octanol–water partition coefficient (Wildman–Crippen LogP) is 3.90. The van der Waals surface area contributed by atoms with E-state index in [0.29, 0.717) is 30.7 Å². The number of primary amides is 1. The number of halogens is 1. The highest BCUT2D eigenvalue weighted by atomic mass is 127. The number of ether oxygens (including phenoxy) is 1. The fourth-order valence-electron chi connectivity index (χ4n) is 3.52. The number of carbonyl (C=O) groups excluding carboxylic acids is 1. The van der Waals surface area contributed by atoms with Gasteiger partial charge in [-0.05, 0) is 61.9 Å². The average Bonchev–Trinajstić information content (AvgIpc) is 3.22. The summed E-state index contributed by atoms with van der Waals surface area (Å²) >= 11 is 0. The molecule has 6 nitrogen and oxygen atoms in total. The van der Waals surface area contributed by atoms with Gasteiger partial charge in [-0.1, -0.05) is 24.3 Å². The fraction of sp³-hybridized carbons (Fsp3) is 0.391. The number of nitrogens with one attached hydrogen (secondary N) is 2. The maximum atomic E-state index is 11.3. The van der Waals surface area contributed by atoms with Gasteiger partial charge in [0.15, 0.2) is 5.96 Å². The Morgan fingerprint density at radius 3 is 2.57 bits per heavy atom. The Bertz CT molecular complexity index is 879.